The van der Waals surface area contributed by atoms with Gasteiger partial charge in [-0.25, -0.2) is 18.2 Å². The van der Waals surface area contributed by atoms with Crippen LogP contribution < -0.4 is 24.8 Å². The molecule has 3 N–H and O–H groups in total. The minimum absolute atomic E-state index is 0.00892. The molecule has 1 aromatic carbocycles. The van der Waals surface area contributed by atoms with Gasteiger partial charge in [0, 0.05) is 37.4 Å². The van der Waals surface area contributed by atoms with Gasteiger partial charge in [0.25, 0.3) is 5.91 Å². The van der Waals surface area contributed by atoms with Crippen LogP contribution in [0.1, 0.15) is 97.5 Å². The van der Waals surface area contributed by atoms with Crippen molar-refractivity contribution in [1.29, 1.82) is 0 Å². The van der Waals surface area contributed by atoms with Crippen LogP contribution in [0.5, 0.6) is 11.6 Å². The Bertz CT molecular complexity index is 2290. The molecule has 2 bridgehead atoms. The van der Waals surface area contributed by atoms with Crippen LogP contribution in [-0.4, -0.2) is 128 Å². The number of hydrogen-bond acceptors (Lipinski definition) is 12. The fraction of sp³-hybridized carbons (Fsp3) is 0.646. The molecule has 65 heavy (non-hydrogen) atoms. The van der Waals surface area contributed by atoms with Crippen LogP contribution in [0.2, 0.25) is 0 Å². The zero-order valence-electron chi connectivity index (χ0n) is 38.3. The lowest BCUT2D eigenvalue weighted by atomic mass is 9.85. The second-order valence-electron chi connectivity index (χ2n) is 20.1. The highest BCUT2D eigenvalue weighted by molar-refractivity contribution is 7.91. The summed E-state index contributed by atoms with van der Waals surface area (Å²) in [4.78, 5) is 66.1. The minimum atomic E-state index is -4.02. The van der Waals surface area contributed by atoms with E-state index in [0.29, 0.717) is 43.0 Å². The first-order valence-electron chi connectivity index (χ1n) is 23.5. The second-order valence-corrected chi connectivity index (χ2v) is 22.3. The predicted octanol–water partition coefficient (Wildman–Crippen LogP) is 4.95. The maximum Gasteiger partial charge on any atom is 0.408 e. The third-order valence-electron chi connectivity index (χ3n) is 14.3. The monoisotopic (exact) mass is 918 g/mol. The van der Waals surface area contributed by atoms with Gasteiger partial charge in [-0.3, -0.25) is 24.0 Å². The Morgan fingerprint density at radius 1 is 1.08 bits per heavy atom. The number of aromatic nitrogens is 1. The molecule has 3 saturated carbocycles. The maximum absolute atomic E-state index is 15.0. The molecule has 6 aliphatic rings. The number of rotatable bonds is 11. The van der Waals surface area contributed by atoms with Gasteiger partial charge < -0.3 is 34.5 Å². The number of morpholine rings is 1. The number of amides is 4. The number of pyridine rings is 1. The van der Waals surface area contributed by atoms with Crippen LogP contribution in [-0.2, 0) is 40.3 Å². The number of sulfonamides is 1. The molecule has 5 fully saturated rings. The fourth-order valence-corrected chi connectivity index (χ4v) is 11.1. The second kappa shape index (κ2) is 18.9. The topological polar surface area (TPSA) is 195 Å². The molecule has 2 saturated heterocycles. The van der Waals surface area contributed by atoms with E-state index in [0.717, 1.165) is 82.3 Å². The number of hydrogen-bond donors (Lipinski definition) is 3. The van der Waals surface area contributed by atoms with Crippen molar-refractivity contribution in [2.24, 2.45) is 17.3 Å². The summed E-state index contributed by atoms with van der Waals surface area (Å²) in [5.41, 5.74) is -1.01. The summed E-state index contributed by atoms with van der Waals surface area (Å²) in [6, 6.07) is 5.46. The van der Waals surface area contributed by atoms with Crippen molar-refractivity contribution in [2.75, 3.05) is 46.0 Å². The average molecular weight is 919 g/mol. The van der Waals surface area contributed by atoms with Gasteiger partial charge in [0.1, 0.15) is 35.6 Å². The van der Waals surface area contributed by atoms with Crippen molar-refractivity contribution < 1.29 is 46.5 Å². The molecule has 4 amide bonds. The first kappa shape index (κ1) is 46.8. The van der Waals surface area contributed by atoms with Gasteiger partial charge in [-0.15, -0.1) is 6.58 Å². The van der Waals surface area contributed by atoms with E-state index in [1.165, 1.54) is 11.0 Å². The van der Waals surface area contributed by atoms with Crippen molar-refractivity contribution in [2.45, 2.75) is 133 Å². The van der Waals surface area contributed by atoms with Crippen LogP contribution >= 0.6 is 0 Å². The number of allylic oxidation sites excluding steroid dienone is 2. The number of nitrogens with one attached hydrogen (secondary N) is 3. The summed E-state index contributed by atoms with van der Waals surface area (Å²) in [6.45, 7) is 15.4. The Balaban J connectivity index is 1.13. The SMILES string of the molecule is C=C[C@@H]1C[C@]1(NC(=O)[C@@H]1C[C@@H]2CN1C(=O)[C@H](C(C)(C)C)NC(=O)O[C@@H]1CCC[C@H]1CC/C=C/Cc1c(nc3ccccc3c1OCCCN1CCOCC1)O2)C(=O)NS(=O)(=O)C1(C)CC1. The van der Waals surface area contributed by atoms with Crippen molar-refractivity contribution in [3.63, 3.8) is 0 Å². The molecule has 1 aromatic heterocycles. The van der Waals surface area contributed by atoms with E-state index in [1.807, 2.05) is 45.0 Å². The smallest absolute Gasteiger partial charge is 0.408 e. The lowest BCUT2D eigenvalue weighted by Gasteiger charge is -2.35. The van der Waals surface area contributed by atoms with Gasteiger partial charge >= 0.3 is 6.09 Å². The molecular formula is C48H66N6O10S. The van der Waals surface area contributed by atoms with Crippen LogP contribution in [0, 0.1) is 17.3 Å². The first-order chi connectivity index (χ1) is 31.0. The molecule has 0 unspecified atom stereocenters. The van der Waals surface area contributed by atoms with E-state index in [9.17, 15) is 27.6 Å². The van der Waals surface area contributed by atoms with Crippen LogP contribution in [0.3, 0.4) is 0 Å². The lowest BCUT2D eigenvalue weighted by Crippen LogP contribution is -2.60. The zero-order chi connectivity index (χ0) is 46.1. The zero-order valence-corrected chi connectivity index (χ0v) is 39.1. The molecule has 3 aliphatic carbocycles. The van der Waals surface area contributed by atoms with Gasteiger partial charge in [0.2, 0.25) is 27.7 Å². The quantitative estimate of drug-likeness (QED) is 0.203. The van der Waals surface area contributed by atoms with Crippen LogP contribution in [0.4, 0.5) is 4.79 Å². The highest BCUT2D eigenvalue weighted by Gasteiger charge is 2.63. The summed E-state index contributed by atoms with van der Waals surface area (Å²) in [7, 11) is -4.02. The normalized spacial score (nSPS) is 30.0. The third kappa shape index (κ3) is 10.2. The lowest BCUT2D eigenvalue weighted by molar-refractivity contribution is -0.143. The molecule has 0 radical (unpaired) electrons. The molecule has 16 nitrogen and oxygen atoms in total. The average Bonchev–Trinajstić information content (AvgIpc) is 4.09. The molecule has 0 spiro atoms. The Morgan fingerprint density at radius 3 is 2.57 bits per heavy atom. The largest absolute Gasteiger partial charge is 0.492 e. The Hall–Kier alpha value is -4.74. The summed E-state index contributed by atoms with van der Waals surface area (Å²) < 4.78 is 52.7. The van der Waals surface area contributed by atoms with E-state index in [2.05, 4.69) is 39.0 Å². The number of nitrogens with zero attached hydrogens (tertiary/aromatic N) is 3. The van der Waals surface area contributed by atoms with Gasteiger partial charge in [0.15, 0.2) is 0 Å². The van der Waals surface area contributed by atoms with E-state index < -0.39 is 73.6 Å². The Labute approximate surface area is 382 Å². The van der Waals surface area contributed by atoms with Gasteiger partial charge in [-0.1, -0.05) is 51.1 Å². The molecule has 8 rings (SSSR count). The number of carbonyl (C=O) groups excluding carboxylic acids is 4. The molecule has 4 heterocycles. The Morgan fingerprint density at radius 2 is 1.85 bits per heavy atom. The van der Waals surface area contributed by atoms with Crippen molar-refractivity contribution in [1.82, 2.24) is 30.1 Å². The standard InChI is InChI=1S/C48H66N6O10S/c1-6-32-29-48(32,44(57)52-65(59,60)47(5)20-21-47)51-41(55)37-28-33-30-54(37)43(56)40(46(2,3)4)50-45(58)64-38-19-12-15-31(38)14-8-7-9-17-35-39(62-25-13-22-53-23-26-61-27-24-53)34-16-10-11-18-36(34)49-42(35)63-33/h6-7,9-11,16,18,31-33,37-38,40H,1,8,12-15,17,19-30H2,2-5H3,(H,50,58)(H,51,55)(H,52,57)/b9-7+/t31-,32-,33-,37+,38-,40-,48-/m1/s1. The molecule has 3 aliphatic heterocycles. The number of alkyl carbamates (subject to hydrolysis) is 1. The van der Waals surface area contributed by atoms with Crippen molar-refractivity contribution in [3.8, 4) is 11.6 Å². The summed E-state index contributed by atoms with van der Waals surface area (Å²) in [6.07, 6.45) is 10.4. The predicted molar refractivity (Wildman–Crippen MR) is 244 cm³/mol. The number of carbonyl (C=O) groups is 4. The van der Waals surface area contributed by atoms with E-state index in [4.69, 9.17) is 23.9 Å². The number of benzene rings is 1. The van der Waals surface area contributed by atoms with Crippen molar-refractivity contribution in [3.05, 3.63) is 54.6 Å². The van der Waals surface area contributed by atoms with E-state index >= 15 is 0 Å². The van der Waals surface area contributed by atoms with Gasteiger partial charge in [-0.05, 0) is 94.6 Å². The summed E-state index contributed by atoms with van der Waals surface area (Å²) >= 11 is 0. The molecule has 354 valence electrons. The number of fused-ring (bicyclic) bond motifs is 5. The number of para-hydroxylation sites is 1. The first-order valence-corrected chi connectivity index (χ1v) is 25.0. The molecule has 2 aromatic rings. The third-order valence-corrected chi connectivity index (χ3v) is 16.5. The molecular weight excluding hydrogens is 853 g/mol. The van der Waals surface area contributed by atoms with E-state index in [1.54, 1.807) is 6.92 Å². The Kier molecular flexibility index (Phi) is 13.6. The number of ether oxygens (including phenoxy) is 4. The highest BCUT2D eigenvalue weighted by Crippen LogP contribution is 2.47. The minimum Gasteiger partial charge on any atom is -0.492 e. The highest BCUT2D eigenvalue weighted by atomic mass is 32.2. The fourth-order valence-electron chi connectivity index (χ4n) is 9.80. The van der Waals surface area contributed by atoms with Crippen LogP contribution in [0.15, 0.2) is 49.1 Å². The van der Waals surface area contributed by atoms with Crippen molar-refractivity contribution >= 4 is 44.7 Å². The maximum atomic E-state index is 15.0. The van der Waals surface area contributed by atoms with Gasteiger partial charge in [-0.2, -0.15) is 0 Å². The van der Waals surface area contributed by atoms with Gasteiger partial charge in [0.05, 0.1) is 42.2 Å². The molecule has 17 heteroatoms. The summed E-state index contributed by atoms with van der Waals surface area (Å²) in [5, 5.41) is 6.59. The summed E-state index contributed by atoms with van der Waals surface area (Å²) in [5.74, 6) is -1.43. The van der Waals surface area contributed by atoms with Crippen LogP contribution in [0.25, 0.3) is 10.9 Å². The molecule has 7 atom stereocenters. The van der Waals surface area contributed by atoms with E-state index in [-0.39, 0.29) is 31.4 Å².